The Morgan fingerprint density at radius 3 is 2.78 bits per heavy atom. The summed E-state index contributed by atoms with van der Waals surface area (Å²) in [5.41, 5.74) is 0.987. The third-order valence-corrected chi connectivity index (χ3v) is 4.11. The molecule has 1 aliphatic heterocycles. The zero-order valence-electron chi connectivity index (χ0n) is 16.0. The second kappa shape index (κ2) is 8.66. The smallest absolute Gasteiger partial charge is 0.317 e. The molecule has 6 nitrogen and oxygen atoms in total. The van der Waals surface area contributed by atoms with Gasteiger partial charge in [-0.2, -0.15) is 0 Å². The lowest BCUT2D eigenvalue weighted by Crippen LogP contribution is -2.45. The molecule has 1 atom stereocenters. The molecule has 27 heavy (non-hydrogen) atoms. The van der Waals surface area contributed by atoms with Crippen molar-refractivity contribution in [2.24, 2.45) is 0 Å². The maximum absolute atomic E-state index is 12.4. The van der Waals surface area contributed by atoms with Gasteiger partial charge in [0.2, 0.25) is 0 Å². The molecule has 0 saturated heterocycles. The van der Waals surface area contributed by atoms with Crippen LogP contribution in [0.5, 0.6) is 17.2 Å². The highest BCUT2D eigenvalue weighted by atomic mass is 16.6. The third-order valence-electron chi connectivity index (χ3n) is 4.11. The normalized spacial score (nSPS) is 15.3. The molecule has 3 rings (SSSR count). The van der Waals surface area contributed by atoms with Crippen molar-refractivity contribution in [3.05, 3.63) is 54.1 Å². The minimum Gasteiger partial charge on any atom is -0.491 e. The van der Waals surface area contributed by atoms with Gasteiger partial charge in [-0.1, -0.05) is 24.3 Å². The van der Waals surface area contributed by atoms with Crippen molar-refractivity contribution in [2.45, 2.75) is 32.6 Å². The standard InChI is InChI=1S/C21H26N2O4/c1-15(2)26-17-8-6-7-16(11-17)12-22-21(24)23(3)13-18-14-25-19-9-4-5-10-20(19)27-18/h4-11,15,18H,12-14H2,1-3H3,(H,22,24). The number of carbonyl (C=O) groups is 1. The van der Waals surface area contributed by atoms with Crippen LogP contribution in [-0.2, 0) is 6.54 Å². The quantitative estimate of drug-likeness (QED) is 0.846. The van der Waals surface area contributed by atoms with Crippen LogP contribution in [0, 0.1) is 0 Å². The Bertz CT molecular complexity index is 778. The monoisotopic (exact) mass is 370 g/mol. The molecule has 2 amide bonds. The van der Waals surface area contributed by atoms with Crippen molar-refractivity contribution in [3.63, 3.8) is 0 Å². The van der Waals surface area contributed by atoms with Crippen LogP contribution < -0.4 is 19.5 Å². The van der Waals surface area contributed by atoms with Crippen LogP contribution in [0.3, 0.4) is 0 Å². The van der Waals surface area contributed by atoms with Gasteiger partial charge in [-0.15, -0.1) is 0 Å². The summed E-state index contributed by atoms with van der Waals surface area (Å²) in [7, 11) is 1.75. The Kier molecular flexibility index (Phi) is 6.06. The van der Waals surface area contributed by atoms with Crippen LogP contribution >= 0.6 is 0 Å². The minimum atomic E-state index is -0.196. The summed E-state index contributed by atoms with van der Waals surface area (Å²) in [6, 6.07) is 15.1. The zero-order chi connectivity index (χ0) is 19.2. The van der Waals surface area contributed by atoms with Crippen LogP contribution in [0.2, 0.25) is 0 Å². The molecule has 1 N–H and O–H groups in total. The van der Waals surface area contributed by atoms with Crippen LogP contribution in [0.25, 0.3) is 0 Å². The second-order valence-corrected chi connectivity index (χ2v) is 6.85. The van der Waals surface area contributed by atoms with Gasteiger partial charge in [0.15, 0.2) is 17.6 Å². The summed E-state index contributed by atoms with van der Waals surface area (Å²) in [6.45, 7) is 5.26. The van der Waals surface area contributed by atoms with Crippen molar-refractivity contribution >= 4 is 6.03 Å². The number of hydrogen-bond donors (Lipinski definition) is 1. The number of carbonyl (C=O) groups excluding carboxylic acids is 1. The predicted octanol–water partition coefficient (Wildman–Crippen LogP) is 3.46. The Morgan fingerprint density at radius 2 is 2.00 bits per heavy atom. The average Bonchev–Trinajstić information content (AvgIpc) is 2.65. The van der Waals surface area contributed by atoms with E-state index in [0.29, 0.717) is 25.4 Å². The summed E-state index contributed by atoms with van der Waals surface area (Å²) in [4.78, 5) is 14.0. The SMILES string of the molecule is CC(C)Oc1cccc(CNC(=O)N(C)CC2COc3ccccc3O2)c1. The molecule has 6 heteroatoms. The number of para-hydroxylation sites is 2. The maximum Gasteiger partial charge on any atom is 0.317 e. The van der Waals surface area contributed by atoms with Gasteiger partial charge in [-0.25, -0.2) is 4.79 Å². The summed E-state index contributed by atoms with van der Waals surface area (Å²) < 4.78 is 17.3. The molecule has 0 radical (unpaired) electrons. The number of benzene rings is 2. The fourth-order valence-corrected chi connectivity index (χ4v) is 2.85. The van der Waals surface area contributed by atoms with E-state index in [1.165, 1.54) is 0 Å². The molecule has 0 aromatic heterocycles. The first-order chi connectivity index (χ1) is 13.0. The molecular weight excluding hydrogens is 344 g/mol. The number of likely N-dealkylation sites (N-methyl/N-ethyl adjacent to an activating group) is 1. The molecule has 144 valence electrons. The van der Waals surface area contributed by atoms with E-state index in [1.807, 2.05) is 62.4 Å². The lowest BCUT2D eigenvalue weighted by atomic mass is 10.2. The van der Waals surface area contributed by atoms with Gasteiger partial charge in [0.25, 0.3) is 0 Å². The van der Waals surface area contributed by atoms with Crippen molar-refractivity contribution in [1.82, 2.24) is 10.2 Å². The van der Waals surface area contributed by atoms with Gasteiger partial charge >= 0.3 is 6.03 Å². The van der Waals surface area contributed by atoms with E-state index >= 15 is 0 Å². The van der Waals surface area contributed by atoms with Gasteiger partial charge in [0, 0.05) is 13.6 Å². The number of rotatable bonds is 6. The van der Waals surface area contributed by atoms with Crippen LogP contribution in [0.1, 0.15) is 19.4 Å². The molecule has 1 aliphatic rings. The van der Waals surface area contributed by atoms with E-state index in [0.717, 1.165) is 17.1 Å². The van der Waals surface area contributed by atoms with Gasteiger partial charge in [-0.05, 0) is 43.7 Å². The van der Waals surface area contributed by atoms with Crippen molar-refractivity contribution in [1.29, 1.82) is 0 Å². The number of amides is 2. The molecule has 2 aromatic carbocycles. The molecule has 1 unspecified atom stereocenters. The molecule has 0 bridgehead atoms. The zero-order valence-corrected chi connectivity index (χ0v) is 16.0. The Labute approximate surface area is 160 Å². The van der Waals surface area contributed by atoms with Crippen molar-refractivity contribution < 1.29 is 19.0 Å². The number of nitrogens with one attached hydrogen (secondary N) is 1. The van der Waals surface area contributed by atoms with Crippen molar-refractivity contribution in [2.75, 3.05) is 20.2 Å². The first-order valence-corrected chi connectivity index (χ1v) is 9.14. The molecule has 0 aliphatic carbocycles. The molecular formula is C21H26N2O4. The molecule has 1 heterocycles. The molecule has 0 fully saturated rings. The summed E-state index contributed by atoms with van der Waals surface area (Å²) in [5, 5.41) is 2.92. The summed E-state index contributed by atoms with van der Waals surface area (Å²) in [5.74, 6) is 2.26. The maximum atomic E-state index is 12.4. The van der Waals surface area contributed by atoms with Gasteiger partial charge in [0.05, 0.1) is 12.6 Å². The second-order valence-electron chi connectivity index (χ2n) is 6.85. The van der Waals surface area contributed by atoms with Crippen LogP contribution in [-0.4, -0.2) is 43.3 Å². The lowest BCUT2D eigenvalue weighted by molar-refractivity contribution is 0.0715. The van der Waals surface area contributed by atoms with Crippen LogP contribution in [0.4, 0.5) is 4.79 Å². The van der Waals surface area contributed by atoms with E-state index in [9.17, 15) is 4.79 Å². The number of urea groups is 1. The van der Waals surface area contributed by atoms with Gasteiger partial charge < -0.3 is 24.4 Å². The number of hydrogen-bond acceptors (Lipinski definition) is 4. The Hall–Kier alpha value is -2.89. The highest BCUT2D eigenvalue weighted by Crippen LogP contribution is 2.30. The van der Waals surface area contributed by atoms with Gasteiger partial charge in [-0.3, -0.25) is 0 Å². The fourth-order valence-electron chi connectivity index (χ4n) is 2.85. The van der Waals surface area contributed by atoms with Crippen LogP contribution in [0.15, 0.2) is 48.5 Å². The highest BCUT2D eigenvalue weighted by molar-refractivity contribution is 5.73. The fraction of sp³-hybridized carbons (Fsp3) is 0.381. The van der Waals surface area contributed by atoms with E-state index in [4.69, 9.17) is 14.2 Å². The number of fused-ring (bicyclic) bond motifs is 1. The molecule has 0 saturated carbocycles. The molecule has 2 aromatic rings. The number of ether oxygens (including phenoxy) is 3. The topological polar surface area (TPSA) is 60.0 Å². The number of nitrogens with zero attached hydrogens (tertiary/aromatic N) is 1. The Morgan fingerprint density at radius 1 is 1.22 bits per heavy atom. The van der Waals surface area contributed by atoms with E-state index in [1.54, 1.807) is 11.9 Å². The largest absolute Gasteiger partial charge is 0.491 e. The molecule has 0 spiro atoms. The average molecular weight is 370 g/mol. The highest BCUT2D eigenvalue weighted by Gasteiger charge is 2.23. The first-order valence-electron chi connectivity index (χ1n) is 9.14. The third kappa shape index (κ3) is 5.29. The van der Waals surface area contributed by atoms with E-state index in [-0.39, 0.29) is 18.2 Å². The van der Waals surface area contributed by atoms with Gasteiger partial charge in [0.1, 0.15) is 12.4 Å². The summed E-state index contributed by atoms with van der Waals surface area (Å²) in [6.07, 6.45) is -0.0813. The first kappa shape index (κ1) is 18.9. The summed E-state index contributed by atoms with van der Waals surface area (Å²) >= 11 is 0. The minimum absolute atomic E-state index is 0.115. The lowest BCUT2D eigenvalue weighted by Gasteiger charge is -2.29. The Balaban J connectivity index is 1.48. The predicted molar refractivity (Wildman–Crippen MR) is 103 cm³/mol. The van der Waals surface area contributed by atoms with Crippen molar-refractivity contribution in [3.8, 4) is 17.2 Å². The van der Waals surface area contributed by atoms with E-state index < -0.39 is 0 Å². The van der Waals surface area contributed by atoms with E-state index in [2.05, 4.69) is 5.32 Å².